The summed E-state index contributed by atoms with van der Waals surface area (Å²) in [6, 6.07) is 6.60. The van der Waals surface area contributed by atoms with Gasteiger partial charge < -0.3 is 5.32 Å². The molecule has 1 aromatic carbocycles. The van der Waals surface area contributed by atoms with Crippen molar-refractivity contribution >= 4 is 34.7 Å². The summed E-state index contributed by atoms with van der Waals surface area (Å²) in [5.41, 5.74) is 1.34. The zero-order chi connectivity index (χ0) is 13.2. The van der Waals surface area contributed by atoms with Crippen molar-refractivity contribution in [3.8, 4) is 0 Å². The molecule has 0 bridgehead atoms. The van der Waals surface area contributed by atoms with Crippen LogP contribution in [-0.4, -0.2) is 10.7 Å². The molecule has 0 saturated heterocycles. The second-order valence-corrected chi connectivity index (χ2v) is 7.49. The molecule has 0 saturated carbocycles. The first kappa shape index (κ1) is 13.4. The van der Waals surface area contributed by atoms with Gasteiger partial charge in [0.25, 0.3) is 0 Å². The Balaban J connectivity index is 1.74. The van der Waals surface area contributed by atoms with Crippen molar-refractivity contribution in [3.63, 3.8) is 0 Å². The van der Waals surface area contributed by atoms with E-state index in [-0.39, 0.29) is 0 Å². The molecular formula is C14H15ClN2S2. The first-order valence-electron chi connectivity index (χ1n) is 6.29. The number of aromatic nitrogens is 1. The molecule has 2 heterocycles. The van der Waals surface area contributed by atoms with Crippen LogP contribution in [0.15, 0.2) is 29.3 Å². The number of aryl methyl sites for hydroxylation is 1. The van der Waals surface area contributed by atoms with Crippen LogP contribution in [0.4, 0.5) is 0 Å². The van der Waals surface area contributed by atoms with Crippen LogP contribution in [0.5, 0.6) is 0 Å². The molecule has 19 heavy (non-hydrogen) atoms. The summed E-state index contributed by atoms with van der Waals surface area (Å²) in [6.45, 7) is 2.92. The summed E-state index contributed by atoms with van der Waals surface area (Å²) in [7, 11) is 0. The minimum atomic E-state index is 0.400. The van der Waals surface area contributed by atoms with E-state index in [2.05, 4.69) is 22.4 Å². The largest absolute Gasteiger partial charge is 0.305 e. The van der Waals surface area contributed by atoms with E-state index < -0.39 is 0 Å². The number of rotatable bonds is 3. The van der Waals surface area contributed by atoms with Gasteiger partial charge in [-0.2, -0.15) is 0 Å². The first-order chi connectivity index (χ1) is 9.22. The lowest BCUT2D eigenvalue weighted by atomic mass is 10.0. The zero-order valence-electron chi connectivity index (χ0n) is 10.6. The Hall–Kier alpha value is -0.550. The topological polar surface area (TPSA) is 24.9 Å². The van der Waals surface area contributed by atoms with Crippen molar-refractivity contribution in [2.24, 2.45) is 0 Å². The van der Waals surface area contributed by atoms with Gasteiger partial charge in [-0.15, -0.1) is 23.1 Å². The van der Waals surface area contributed by atoms with E-state index in [0.29, 0.717) is 6.04 Å². The summed E-state index contributed by atoms with van der Waals surface area (Å²) >= 11 is 9.79. The van der Waals surface area contributed by atoms with Crippen molar-refractivity contribution in [1.29, 1.82) is 0 Å². The summed E-state index contributed by atoms with van der Waals surface area (Å²) < 4.78 is 0. The van der Waals surface area contributed by atoms with Crippen LogP contribution < -0.4 is 5.32 Å². The Labute approximate surface area is 126 Å². The molecule has 0 amide bonds. The van der Waals surface area contributed by atoms with Crippen molar-refractivity contribution in [2.45, 2.75) is 30.8 Å². The summed E-state index contributed by atoms with van der Waals surface area (Å²) in [5.74, 6) is 1.16. The van der Waals surface area contributed by atoms with Crippen LogP contribution in [0.3, 0.4) is 0 Å². The molecule has 1 aliphatic heterocycles. The summed E-state index contributed by atoms with van der Waals surface area (Å²) in [4.78, 5) is 6.94. The van der Waals surface area contributed by atoms with Gasteiger partial charge in [-0.25, -0.2) is 4.98 Å². The fourth-order valence-corrected chi connectivity index (χ4v) is 4.32. The van der Waals surface area contributed by atoms with E-state index in [1.54, 1.807) is 11.3 Å². The first-order valence-corrected chi connectivity index (χ1v) is 8.47. The average molecular weight is 311 g/mol. The van der Waals surface area contributed by atoms with Gasteiger partial charge in [0, 0.05) is 33.6 Å². The Kier molecular flexibility index (Phi) is 4.12. The highest BCUT2D eigenvalue weighted by Crippen LogP contribution is 2.37. The van der Waals surface area contributed by atoms with E-state index in [0.717, 1.165) is 28.7 Å². The third-order valence-corrected chi connectivity index (χ3v) is 5.47. The molecule has 100 valence electrons. The predicted octanol–water partition coefficient (Wildman–Crippen LogP) is 4.43. The van der Waals surface area contributed by atoms with E-state index >= 15 is 0 Å². The zero-order valence-corrected chi connectivity index (χ0v) is 13.0. The number of hydrogen-bond donors (Lipinski definition) is 1. The minimum Gasteiger partial charge on any atom is -0.305 e. The lowest BCUT2D eigenvalue weighted by Gasteiger charge is -2.26. The summed E-state index contributed by atoms with van der Waals surface area (Å²) in [5, 5.41) is 5.58. The second-order valence-electron chi connectivity index (χ2n) is 4.60. The number of thiazole rings is 1. The maximum atomic E-state index is 6.12. The van der Waals surface area contributed by atoms with E-state index in [1.165, 1.54) is 15.3 Å². The van der Waals surface area contributed by atoms with Crippen molar-refractivity contribution < 1.29 is 0 Å². The van der Waals surface area contributed by atoms with Crippen molar-refractivity contribution in [3.05, 3.63) is 44.9 Å². The van der Waals surface area contributed by atoms with E-state index in [4.69, 9.17) is 11.6 Å². The Morgan fingerprint density at radius 1 is 1.47 bits per heavy atom. The molecule has 0 aliphatic carbocycles. The third kappa shape index (κ3) is 3.14. The minimum absolute atomic E-state index is 0.400. The molecule has 0 radical (unpaired) electrons. The molecule has 5 heteroatoms. The van der Waals surface area contributed by atoms with Gasteiger partial charge in [0.1, 0.15) is 0 Å². The Morgan fingerprint density at radius 2 is 2.37 bits per heavy atom. The number of nitrogens with zero attached hydrogens (tertiary/aromatic N) is 1. The highest BCUT2D eigenvalue weighted by molar-refractivity contribution is 7.99. The standard InChI is InChI=1S/C14H15ClN2S2/c1-9-16-7-11(19-9)8-17-13-4-5-18-14-3-2-10(15)6-12(13)14/h2-3,6-7,13,17H,4-5,8H2,1H3. The molecule has 0 spiro atoms. The molecule has 1 aromatic heterocycles. The van der Waals surface area contributed by atoms with Crippen LogP contribution in [0.1, 0.15) is 27.9 Å². The lowest BCUT2D eigenvalue weighted by Crippen LogP contribution is -2.23. The number of hydrogen-bond acceptors (Lipinski definition) is 4. The molecule has 2 aromatic rings. The van der Waals surface area contributed by atoms with Gasteiger partial charge in [-0.3, -0.25) is 0 Å². The SMILES string of the molecule is Cc1ncc(CNC2CCSc3ccc(Cl)cc32)s1. The van der Waals surface area contributed by atoms with Crippen LogP contribution in [0.25, 0.3) is 0 Å². The number of fused-ring (bicyclic) bond motifs is 1. The molecular weight excluding hydrogens is 296 g/mol. The maximum absolute atomic E-state index is 6.12. The fraction of sp³-hybridized carbons (Fsp3) is 0.357. The fourth-order valence-electron chi connectivity index (χ4n) is 2.29. The molecule has 1 aliphatic rings. The van der Waals surface area contributed by atoms with Crippen LogP contribution >= 0.6 is 34.7 Å². The number of thioether (sulfide) groups is 1. The van der Waals surface area contributed by atoms with Gasteiger partial charge in [0.2, 0.25) is 0 Å². The Morgan fingerprint density at radius 3 is 3.16 bits per heavy atom. The van der Waals surface area contributed by atoms with Crippen LogP contribution in [0.2, 0.25) is 5.02 Å². The number of benzene rings is 1. The van der Waals surface area contributed by atoms with Crippen molar-refractivity contribution in [1.82, 2.24) is 10.3 Å². The highest BCUT2D eigenvalue weighted by atomic mass is 35.5. The second kappa shape index (κ2) is 5.83. The monoisotopic (exact) mass is 310 g/mol. The lowest BCUT2D eigenvalue weighted by molar-refractivity contribution is 0.512. The maximum Gasteiger partial charge on any atom is 0.0897 e. The molecule has 0 fully saturated rings. The normalized spacial score (nSPS) is 18.3. The smallest absolute Gasteiger partial charge is 0.0897 e. The quantitative estimate of drug-likeness (QED) is 0.907. The van der Waals surface area contributed by atoms with Gasteiger partial charge in [-0.1, -0.05) is 11.6 Å². The third-order valence-electron chi connectivity index (χ3n) is 3.20. The van der Waals surface area contributed by atoms with Gasteiger partial charge in [0.05, 0.1) is 5.01 Å². The van der Waals surface area contributed by atoms with E-state index in [1.807, 2.05) is 30.9 Å². The number of nitrogens with one attached hydrogen (secondary N) is 1. The number of halogens is 1. The summed E-state index contributed by atoms with van der Waals surface area (Å²) in [6.07, 6.45) is 3.11. The van der Waals surface area contributed by atoms with Crippen LogP contribution in [-0.2, 0) is 6.54 Å². The van der Waals surface area contributed by atoms with Gasteiger partial charge in [-0.05, 0) is 42.9 Å². The Bertz CT molecular complexity index is 583. The average Bonchev–Trinajstić information content (AvgIpc) is 2.82. The molecule has 2 nitrogen and oxygen atoms in total. The molecule has 3 rings (SSSR count). The van der Waals surface area contributed by atoms with Gasteiger partial charge in [0.15, 0.2) is 0 Å². The van der Waals surface area contributed by atoms with E-state index in [9.17, 15) is 0 Å². The van der Waals surface area contributed by atoms with Crippen molar-refractivity contribution in [2.75, 3.05) is 5.75 Å². The van der Waals surface area contributed by atoms with Crippen LogP contribution in [0, 0.1) is 6.92 Å². The predicted molar refractivity (Wildman–Crippen MR) is 83.2 cm³/mol. The van der Waals surface area contributed by atoms with Gasteiger partial charge >= 0.3 is 0 Å². The molecule has 1 unspecified atom stereocenters. The highest BCUT2D eigenvalue weighted by Gasteiger charge is 2.20. The molecule has 1 N–H and O–H groups in total. The molecule has 1 atom stereocenters.